The first-order valence-electron chi connectivity index (χ1n) is 9.18. The van der Waals surface area contributed by atoms with Gasteiger partial charge in [-0.3, -0.25) is 4.79 Å². The van der Waals surface area contributed by atoms with Gasteiger partial charge in [-0.25, -0.2) is 0 Å². The number of anilines is 2. The van der Waals surface area contributed by atoms with Gasteiger partial charge in [0.2, 0.25) is 0 Å². The lowest BCUT2D eigenvalue weighted by Gasteiger charge is -2.25. The third kappa shape index (κ3) is 4.53. The smallest absolute Gasteiger partial charge is 0.170 e. The minimum atomic E-state index is -0.472. The molecule has 3 rings (SSSR count). The summed E-state index contributed by atoms with van der Waals surface area (Å²) in [6.07, 6.45) is 1.97. The van der Waals surface area contributed by atoms with Crippen LogP contribution in [0, 0.1) is 5.41 Å². The molecule has 136 valence electrons. The Hall–Kier alpha value is -3.13. The van der Waals surface area contributed by atoms with E-state index in [1.807, 2.05) is 118 Å². The number of benzene rings is 3. The Kier molecular flexibility index (Phi) is 5.56. The molecule has 2 nitrogen and oxygen atoms in total. The van der Waals surface area contributed by atoms with Crippen molar-refractivity contribution >= 4 is 22.7 Å². The van der Waals surface area contributed by atoms with Crippen LogP contribution in [0.15, 0.2) is 97.2 Å². The molecule has 0 radical (unpaired) electrons. The maximum absolute atomic E-state index is 13.3. The number of Topliss-reactive ketones (excluding diaryl/α,β-unsaturated/α-hetero) is 1. The number of rotatable bonds is 5. The van der Waals surface area contributed by atoms with Crippen molar-refractivity contribution in [3.05, 3.63) is 103 Å². The SMILES string of the molecule is CC(C)(C)C(=O)/C(=C/N(c1ccccc1)c1ccccc1)c1ccccc1. The molecular formula is C25H25NO. The van der Waals surface area contributed by atoms with Crippen LogP contribution in [-0.2, 0) is 4.79 Å². The molecule has 3 aromatic rings. The van der Waals surface area contributed by atoms with E-state index in [0.29, 0.717) is 5.57 Å². The summed E-state index contributed by atoms with van der Waals surface area (Å²) in [5, 5.41) is 0. The Balaban J connectivity index is 2.18. The maximum atomic E-state index is 13.3. The first kappa shape index (κ1) is 18.7. The zero-order valence-electron chi connectivity index (χ0n) is 16.1. The van der Waals surface area contributed by atoms with E-state index in [1.165, 1.54) is 0 Å². The summed E-state index contributed by atoms with van der Waals surface area (Å²) in [5.74, 6) is 0.116. The Morgan fingerprint density at radius 2 is 1.11 bits per heavy atom. The number of allylic oxidation sites excluding steroid dienone is 1. The molecule has 0 aromatic heterocycles. The van der Waals surface area contributed by atoms with Gasteiger partial charge in [-0.2, -0.15) is 0 Å². The zero-order valence-corrected chi connectivity index (χ0v) is 16.1. The van der Waals surface area contributed by atoms with Gasteiger partial charge < -0.3 is 4.90 Å². The van der Waals surface area contributed by atoms with Gasteiger partial charge in [0.05, 0.1) is 0 Å². The molecule has 0 fully saturated rings. The minimum absolute atomic E-state index is 0.116. The molecule has 3 aromatic carbocycles. The van der Waals surface area contributed by atoms with Crippen molar-refractivity contribution in [2.75, 3.05) is 4.90 Å². The molecule has 0 N–H and O–H groups in total. The van der Waals surface area contributed by atoms with E-state index in [0.717, 1.165) is 16.9 Å². The van der Waals surface area contributed by atoms with Gasteiger partial charge in [0, 0.05) is 28.6 Å². The first-order valence-corrected chi connectivity index (χ1v) is 9.18. The van der Waals surface area contributed by atoms with Gasteiger partial charge in [0.1, 0.15) is 0 Å². The van der Waals surface area contributed by atoms with Crippen LogP contribution < -0.4 is 4.90 Å². The zero-order chi connectivity index (χ0) is 19.3. The molecule has 0 aliphatic rings. The lowest BCUT2D eigenvalue weighted by molar-refractivity contribution is -0.120. The van der Waals surface area contributed by atoms with E-state index < -0.39 is 5.41 Å². The maximum Gasteiger partial charge on any atom is 0.170 e. The molecule has 0 aliphatic carbocycles. The highest BCUT2D eigenvalue weighted by Crippen LogP contribution is 2.32. The standard InChI is InChI=1S/C25H25NO/c1-25(2,3)24(27)23(20-13-7-4-8-14-20)19-26(21-15-9-5-10-16-21)22-17-11-6-12-18-22/h4-19H,1-3H3/b23-19+. The number of carbonyl (C=O) groups excluding carboxylic acids is 1. The largest absolute Gasteiger partial charge is 0.316 e. The average molecular weight is 355 g/mol. The molecule has 0 amide bonds. The van der Waals surface area contributed by atoms with Crippen LogP contribution in [0.4, 0.5) is 11.4 Å². The predicted molar refractivity (Wildman–Crippen MR) is 114 cm³/mol. The molecule has 0 saturated carbocycles. The molecular weight excluding hydrogens is 330 g/mol. The van der Waals surface area contributed by atoms with Gasteiger partial charge in [-0.05, 0) is 29.8 Å². The summed E-state index contributed by atoms with van der Waals surface area (Å²) in [6.45, 7) is 5.88. The molecule has 0 saturated heterocycles. The van der Waals surface area contributed by atoms with Crippen LogP contribution in [0.25, 0.3) is 5.57 Å². The van der Waals surface area contributed by atoms with Gasteiger partial charge in [0.15, 0.2) is 5.78 Å². The number of ketones is 1. The van der Waals surface area contributed by atoms with E-state index in [4.69, 9.17) is 0 Å². The van der Waals surface area contributed by atoms with Crippen LogP contribution in [-0.4, -0.2) is 5.78 Å². The highest BCUT2D eigenvalue weighted by atomic mass is 16.1. The molecule has 27 heavy (non-hydrogen) atoms. The number of carbonyl (C=O) groups is 1. The molecule has 0 unspecified atom stereocenters. The van der Waals surface area contributed by atoms with Gasteiger partial charge >= 0.3 is 0 Å². The number of nitrogens with zero attached hydrogens (tertiary/aromatic N) is 1. The predicted octanol–water partition coefficient (Wildman–Crippen LogP) is 6.48. The Morgan fingerprint density at radius 3 is 1.52 bits per heavy atom. The fourth-order valence-electron chi connectivity index (χ4n) is 2.89. The second-order valence-corrected chi connectivity index (χ2v) is 7.53. The third-order valence-corrected chi connectivity index (χ3v) is 4.34. The monoisotopic (exact) mass is 355 g/mol. The number of hydrogen-bond donors (Lipinski definition) is 0. The summed E-state index contributed by atoms with van der Waals surface area (Å²) >= 11 is 0. The van der Waals surface area contributed by atoms with Crippen molar-refractivity contribution < 1.29 is 4.79 Å². The molecule has 0 spiro atoms. The summed E-state index contributed by atoms with van der Waals surface area (Å²) in [5.41, 5.74) is 3.18. The van der Waals surface area contributed by atoms with Crippen molar-refractivity contribution in [2.45, 2.75) is 20.8 Å². The lowest BCUT2D eigenvalue weighted by Crippen LogP contribution is -2.23. The summed E-state index contributed by atoms with van der Waals surface area (Å²) in [6, 6.07) is 30.1. The molecule has 0 atom stereocenters. The number of para-hydroxylation sites is 2. The average Bonchev–Trinajstić information content (AvgIpc) is 2.70. The van der Waals surface area contributed by atoms with Gasteiger partial charge in [0.25, 0.3) is 0 Å². The van der Waals surface area contributed by atoms with Crippen molar-refractivity contribution in [1.82, 2.24) is 0 Å². The second-order valence-electron chi connectivity index (χ2n) is 7.53. The highest BCUT2D eigenvalue weighted by molar-refractivity contribution is 6.23. The van der Waals surface area contributed by atoms with E-state index in [9.17, 15) is 4.79 Å². The van der Waals surface area contributed by atoms with Crippen molar-refractivity contribution in [2.24, 2.45) is 5.41 Å². The van der Waals surface area contributed by atoms with Crippen molar-refractivity contribution in [1.29, 1.82) is 0 Å². The van der Waals surface area contributed by atoms with Gasteiger partial charge in [-0.1, -0.05) is 87.5 Å². The second kappa shape index (κ2) is 8.05. The van der Waals surface area contributed by atoms with Crippen LogP contribution in [0.3, 0.4) is 0 Å². The summed E-state index contributed by atoms with van der Waals surface area (Å²) < 4.78 is 0. The van der Waals surface area contributed by atoms with E-state index in [2.05, 4.69) is 4.90 Å². The molecule has 0 heterocycles. The van der Waals surface area contributed by atoms with E-state index in [-0.39, 0.29) is 5.78 Å². The van der Waals surface area contributed by atoms with Crippen LogP contribution >= 0.6 is 0 Å². The Bertz CT molecular complexity index is 867. The lowest BCUT2D eigenvalue weighted by atomic mass is 9.84. The highest BCUT2D eigenvalue weighted by Gasteiger charge is 2.27. The topological polar surface area (TPSA) is 20.3 Å². The van der Waals surface area contributed by atoms with Crippen molar-refractivity contribution in [3.8, 4) is 0 Å². The fourth-order valence-corrected chi connectivity index (χ4v) is 2.89. The minimum Gasteiger partial charge on any atom is -0.316 e. The first-order chi connectivity index (χ1) is 13.0. The Labute approximate surface area is 161 Å². The van der Waals surface area contributed by atoms with Crippen molar-refractivity contribution in [3.63, 3.8) is 0 Å². The summed E-state index contributed by atoms with van der Waals surface area (Å²) in [4.78, 5) is 15.3. The van der Waals surface area contributed by atoms with Gasteiger partial charge in [-0.15, -0.1) is 0 Å². The number of hydrogen-bond acceptors (Lipinski definition) is 2. The van der Waals surface area contributed by atoms with E-state index >= 15 is 0 Å². The van der Waals surface area contributed by atoms with Crippen LogP contribution in [0.1, 0.15) is 26.3 Å². The fraction of sp³-hybridized carbons (Fsp3) is 0.160. The summed E-state index contributed by atoms with van der Waals surface area (Å²) in [7, 11) is 0. The van der Waals surface area contributed by atoms with E-state index in [1.54, 1.807) is 0 Å². The van der Waals surface area contributed by atoms with Crippen LogP contribution in [0.5, 0.6) is 0 Å². The normalized spacial score (nSPS) is 11.9. The quantitative estimate of drug-likeness (QED) is 0.488. The molecule has 2 heteroatoms. The third-order valence-electron chi connectivity index (χ3n) is 4.34. The Morgan fingerprint density at radius 1 is 0.704 bits per heavy atom. The molecule has 0 aliphatic heterocycles. The molecule has 0 bridgehead atoms. The van der Waals surface area contributed by atoms with Crippen LogP contribution in [0.2, 0.25) is 0 Å².